The lowest BCUT2D eigenvalue weighted by Crippen LogP contribution is -2.08. The molecule has 0 atom stereocenters. The Morgan fingerprint density at radius 2 is 2.04 bits per heavy atom. The molecule has 0 radical (unpaired) electrons. The third kappa shape index (κ3) is 4.49. The summed E-state index contributed by atoms with van der Waals surface area (Å²) < 4.78 is 12.1. The lowest BCUT2D eigenvalue weighted by atomic mass is 10.2. The number of anilines is 3. The van der Waals surface area contributed by atoms with Crippen molar-refractivity contribution in [1.29, 1.82) is 0 Å². The highest BCUT2D eigenvalue weighted by Gasteiger charge is 2.09. The molecule has 0 aliphatic carbocycles. The van der Waals surface area contributed by atoms with Gasteiger partial charge in [-0.1, -0.05) is 6.07 Å². The zero-order chi connectivity index (χ0) is 17.6. The van der Waals surface area contributed by atoms with Crippen molar-refractivity contribution in [2.75, 3.05) is 30.9 Å². The van der Waals surface area contributed by atoms with Gasteiger partial charge in [-0.15, -0.1) is 0 Å². The summed E-state index contributed by atoms with van der Waals surface area (Å²) in [7, 11) is 0. The fraction of sp³-hybridized carbons (Fsp3) is 0.222. The van der Waals surface area contributed by atoms with Crippen LogP contribution in [0.25, 0.3) is 10.9 Å². The highest BCUT2D eigenvalue weighted by molar-refractivity contribution is 14.1. The molecule has 0 spiro atoms. The van der Waals surface area contributed by atoms with E-state index in [2.05, 4.69) is 37.9 Å². The summed E-state index contributed by atoms with van der Waals surface area (Å²) in [5.74, 6) is 1.31. The zero-order valence-corrected chi connectivity index (χ0v) is 16.0. The van der Waals surface area contributed by atoms with Crippen LogP contribution < -0.4 is 15.8 Å². The van der Waals surface area contributed by atoms with Gasteiger partial charge in [0.1, 0.15) is 24.5 Å². The van der Waals surface area contributed by atoms with E-state index in [1.54, 1.807) is 0 Å². The summed E-state index contributed by atoms with van der Waals surface area (Å²) in [5, 5.41) is 4.17. The van der Waals surface area contributed by atoms with Crippen LogP contribution in [0.1, 0.15) is 6.92 Å². The van der Waals surface area contributed by atoms with E-state index in [1.807, 2.05) is 43.3 Å². The smallest absolute Gasteiger partial charge is 0.144 e. The third-order valence-electron chi connectivity index (χ3n) is 3.54. The molecule has 3 N–H and O–H groups in total. The van der Waals surface area contributed by atoms with E-state index >= 15 is 0 Å². The van der Waals surface area contributed by atoms with Crippen LogP contribution in [0.4, 0.5) is 17.2 Å². The Morgan fingerprint density at radius 1 is 1.16 bits per heavy atom. The first-order chi connectivity index (χ1) is 12.2. The third-order valence-corrected chi connectivity index (χ3v) is 4.21. The van der Waals surface area contributed by atoms with Gasteiger partial charge in [-0.05, 0) is 53.8 Å². The molecule has 0 aliphatic rings. The predicted octanol–water partition coefficient (Wildman–Crippen LogP) is 3.98. The Kier molecular flexibility index (Phi) is 5.87. The maximum atomic E-state index is 6.14. The normalized spacial score (nSPS) is 10.8. The molecule has 0 aliphatic heterocycles. The van der Waals surface area contributed by atoms with E-state index < -0.39 is 0 Å². The largest absolute Gasteiger partial charge is 0.489 e. The number of rotatable bonds is 7. The molecule has 0 fully saturated rings. The SMILES string of the molecule is CCOCCOc1cc2ncnc(Nc3cccc(I)c3)c2cc1N. The van der Waals surface area contributed by atoms with Crippen molar-refractivity contribution in [3.05, 3.63) is 46.3 Å². The minimum Gasteiger partial charge on any atom is -0.489 e. The molecule has 3 rings (SSSR count). The van der Waals surface area contributed by atoms with Gasteiger partial charge in [0.2, 0.25) is 0 Å². The van der Waals surface area contributed by atoms with E-state index in [0.29, 0.717) is 37.1 Å². The minimum absolute atomic E-state index is 0.447. The number of aromatic nitrogens is 2. The number of nitrogens with two attached hydrogens (primary N) is 1. The van der Waals surface area contributed by atoms with E-state index in [0.717, 1.165) is 20.2 Å². The molecular weight excluding hydrogens is 431 g/mol. The average molecular weight is 450 g/mol. The van der Waals surface area contributed by atoms with Gasteiger partial charge in [-0.3, -0.25) is 0 Å². The molecule has 0 amide bonds. The topological polar surface area (TPSA) is 82.3 Å². The molecule has 130 valence electrons. The van der Waals surface area contributed by atoms with Gasteiger partial charge in [-0.25, -0.2) is 9.97 Å². The van der Waals surface area contributed by atoms with E-state index in [4.69, 9.17) is 15.2 Å². The number of nitrogens with zero attached hydrogens (tertiary/aromatic N) is 2. The van der Waals surface area contributed by atoms with E-state index in [1.165, 1.54) is 6.33 Å². The first-order valence-electron chi connectivity index (χ1n) is 7.94. The summed E-state index contributed by atoms with van der Waals surface area (Å²) in [5.41, 5.74) is 8.41. The fourth-order valence-corrected chi connectivity index (χ4v) is 2.93. The lowest BCUT2D eigenvalue weighted by Gasteiger charge is -2.12. The molecule has 0 bridgehead atoms. The van der Waals surface area contributed by atoms with Crippen molar-refractivity contribution in [3.8, 4) is 5.75 Å². The van der Waals surface area contributed by atoms with Crippen LogP contribution in [0.2, 0.25) is 0 Å². The molecule has 25 heavy (non-hydrogen) atoms. The van der Waals surface area contributed by atoms with Gasteiger partial charge in [-0.2, -0.15) is 0 Å². The molecule has 0 saturated heterocycles. The molecular formula is C18H19IN4O2. The second-order valence-corrected chi connectivity index (χ2v) is 6.56. The molecule has 7 heteroatoms. The molecule has 0 saturated carbocycles. The number of ether oxygens (including phenoxy) is 2. The van der Waals surface area contributed by atoms with E-state index in [9.17, 15) is 0 Å². The molecule has 2 aromatic carbocycles. The minimum atomic E-state index is 0.447. The second-order valence-electron chi connectivity index (χ2n) is 5.31. The quantitative estimate of drug-likeness (QED) is 0.322. The van der Waals surface area contributed by atoms with Gasteiger partial charge in [0, 0.05) is 27.3 Å². The van der Waals surface area contributed by atoms with Gasteiger partial charge < -0.3 is 20.5 Å². The second kappa shape index (κ2) is 8.30. The Balaban J connectivity index is 1.87. The van der Waals surface area contributed by atoms with Crippen molar-refractivity contribution >= 4 is 50.7 Å². The molecule has 6 nitrogen and oxygen atoms in total. The van der Waals surface area contributed by atoms with Gasteiger partial charge in [0.25, 0.3) is 0 Å². The maximum absolute atomic E-state index is 6.14. The number of hydrogen-bond donors (Lipinski definition) is 2. The summed E-state index contributed by atoms with van der Waals surface area (Å²) >= 11 is 2.27. The van der Waals surface area contributed by atoms with Crippen LogP contribution in [-0.4, -0.2) is 29.8 Å². The van der Waals surface area contributed by atoms with Crippen molar-refractivity contribution in [2.24, 2.45) is 0 Å². The summed E-state index contributed by atoms with van der Waals surface area (Å²) in [6, 6.07) is 11.7. The predicted molar refractivity (Wildman–Crippen MR) is 108 cm³/mol. The fourth-order valence-electron chi connectivity index (χ4n) is 2.38. The lowest BCUT2D eigenvalue weighted by molar-refractivity contribution is 0.110. The Morgan fingerprint density at radius 3 is 2.84 bits per heavy atom. The van der Waals surface area contributed by atoms with Crippen molar-refractivity contribution < 1.29 is 9.47 Å². The first kappa shape index (κ1) is 17.7. The number of benzene rings is 2. The average Bonchev–Trinajstić information content (AvgIpc) is 2.60. The maximum Gasteiger partial charge on any atom is 0.144 e. The molecule has 1 heterocycles. The first-order valence-corrected chi connectivity index (χ1v) is 9.02. The van der Waals surface area contributed by atoms with Crippen LogP contribution in [0.15, 0.2) is 42.7 Å². The number of hydrogen-bond acceptors (Lipinski definition) is 6. The highest BCUT2D eigenvalue weighted by atomic mass is 127. The zero-order valence-electron chi connectivity index (χ0n) is 13.8. The Bertz CT molecular complexity index is 873. The molecule has 3 aromatic rings. The Hall–Kier alpha value is -2.13. The molecule has 0 unspecified atom stereocenters. The van der Waals surface area contributed by atoms with Crippen LogP contribution in [0, 0.1) is 3.57 Å². The van der Waals surface area contributed by atoms with Gasteiger partial charge >= 0.3 is 0 Å². The Labute approximate surface area is 159 Å². The number of fused-ring (bicyclic) bond motifs is 1. The van der Waals surface area contributed by atoms with Gasteiger partial charge in [0.15, 0.2) is 0 Å². The van der Waals surface area contributed by atoms with E-state index in [-0.39, 0.29) is 0 Å². The highest BCUT2D eigenvalue weighted by Crippen LogP contribution is 2.31. The van der Waals surface area contributed by atoms with Gasteiger partial charge in [0.05, 0.1) is 17.8 Å². The number of halogens is 1. The number of nitrogens with one attached hydrogen (secondary N) is 1. The van der Waals surface area contributed by atoms with Crippen molar-refractivity contribution in [1.82, 2.24) is 9.97 Å². The summed E-state index contributed by atoms with van der Waals surface area (Å²) in [4.78, 5) is 8.68. The van der Waals surface area contributed by atoms with Crippen LogP contribution >= 0.6 is 22.6 Å². The molecule has 1 aromatic heterocycles. The van der Waals surface area contributed by atoms with Crippen molar-refractivity contribution in [2.45, 2.75) is 6.92 Å². The summed E-state index contributed by atoms with van der Waals surface area (Å²) in [6.45, 7) is 3.58. The standard InChI is InChI=1S/C18H19IN4O2/c1-2-24-6-7-25-17-10-16-14(9-15(17)20)18(22-11-21-16)23-13-5-3-4-12(19)8-13/h3-5,8-11H,2,6-7,20H2,1H3,(H,21,22,23). The van der Waals surface area contributed by atoms with Crippen LogP contribution in [-0.2, 0) is 4.74 Å². The van der Waals surface area contributed by atoms with Crippen LogP contribution in [0.5, 0.6) is 5.75 Å². The number of nitrogen functional groups attached to an aromatic ring is 1. The summed E-state index contributed by atoms with van der Waals surface area (Å²) in [6.07, 6.45) is 1.53. The van der Waals surface area contributed by atoms with Crippen LogP contribution in [0.3, 0.4) is 0 Å². The van der Waals surface area contributed by atoms with Crippen molar-refractivity contribution in [3.63, 3.8) is 0 Å². The monoisotopic (exact) mass is 450 g/mol.